The summed E-state index contributed by atoms with van der Waals surface area (Å²) >= 11 is 1.76. The lowest BCUT2D eigenvalue weighted by Gasteiger charge is -2.29. The van der Waals surface area contributed by atoms with Gasteiger partial charge in [-0.1, -0.05) is 18.2 Å². The van der Waals surface area contributed by atoms with Gasteiger partial charge >= 0.3 is 0 Å². The number of carbonyl (C=O) groups is 2. The maximum absolute atomic E-state index is 12.5. The second-order valence-electron chi connectivity index (χ2n) is 5.58. The third kappa shape index (κ3) is 3.76. The standard InChI is InChI=1S/C18H19N3O2S/c1-13-5-4-10-19-18(13)20-16(22)8-9-17(23)21-11-12-24-15-7-3-2-6-14(15)21/h2-7,10H,8-9,11-12H2,1H3,(H,19,20,22). The summed E-state index contributed by atoms with van der Waals surface area (Å²) in [6.07, 6.45) is 1.98. The summed E-state index contributed by atoms with van der Waals surface area (Å²) in [5, 5.41) is 2.76. The number of hydrogen-bond donors (Lipinski definition) is 1. The van der Waals surface area contributed by atoms with Crippen LogP contribution in [0.25, 0.3) is 0 Å². The lowest BCUT2D eigenvalue weighted by molar-refractivity contribution is -0.122. The largest absolute Gasteiger partial charge is 0.310 e. The van der Waals surface area contributed by atoms with E-state index in [0.29, 0.717) is 12.4 Å². The average Bonchev–Trinajstić information content (AvgIpc) is 2.61. The third-order valence-corrected chi connectivity index (χ3v) is 4.91. The number of thioether (sulfide) groups is 1. The predicted molar refractivity (Wildman–Crippen MR) is 96.4 cm³/mol. The predicted octanol–water partition coefficient (Wildman–Crippen LogP) is 3.25. The number of benzene rings is 1. The Morgan fingerprint density at radius 3 is 2.88 bits per heavy atom. The van der Waals surface area contributed by atoms with Gasteiger partial charge in [0.25, 0.3) is 0 Å². The van der Waals surface area contributed by atoms with Crippen LogP contribution >= 0.6 is 11.8 Å². The molecule has 5 nitrogen and oxygen atoms in total. The van der Waals surface area contributed by atoms with Gasteiger partial charge in [0.05, 0.1) is 5.69 Å². The van der Waals surface area contributed by atoms with Gasteiger partial charge in [0.2, 0.25) is 11.8 Å². The van der Waals surface area contributed by atoms with Gasteiger partial charge in [-0.2, -0.15) is 0 Å². The molecular weight excluding hydrogens is 322 g/mol. The zero-order valence-electron chi connectivity index (χ0n) is 13.5. The van der Waals surface area contributed by atoms with Crippen molar-refractivity contribution in [1.82, 2.24) is 4.98 Å². The first-order valence-corrected chi connectivity index (χ1v) is 8.87. The number of hydrogen-bond acceptors (Lipinski definition) is 4. The first-order chi connectivity index (χ1) is 11.6. The van der Waals surface area contributed by atoms with E-state index in [1.54, 1.807) is 22.9 Å². The number of carbonyl (C=O) groups excluding carboxylic acids is 2. The summed E-state index contributed by atoms with van der Waals surface area (Å²) in [5.41, 5.74) is 1.85. The van der Waals surface area contributed by atoms with Gasteiger partial charge in [0.15, 0.2) is 0 Å². The van der Waals surface area contributed by atoms with E-state index in [9.17, 15) is 9.59 Å². The summed E-state index contributed by atoms with van der Waals surface area (Å²) in [6, 6.07) is 11.6. The number of fused-ring (bicyclic) bond motifs is 1. The number of rotatable bonds is 4. The van der Waals surface area contributed by atoms with Gasteiger partial charge in [-0.25, -0.2) is 4.98 Å². The molecule has 0 fully saturated rings. The van der Waals surface area contributed by atoms with Gasteiger partial charge in [0, 0.05) is 36.2 Å². The Morgan fingerprint density at radius 2 is 2.04 bits per heavy atom. The Morgan fingerprint density at radius 1 is 1.21 bits per heavy atom. The highest BCUT2D eigenvalue weighted by Crippen LogP contribution is 2.34. The molecule has 2 amide bonds. The van der Waals surface area contributed by atoms with Crippen molar-refractivity contribution in [3.63, 3.8) is 0 Å². The number of aromatic nitrogens is 1. The molecule has 0 unspecified atom stereocenters. The third-order valence-electron chi connectivity index (χ3n) is 3.86. The molecule has 0 spiro atoms. The minimum atomic E-state index is -0.190. The van der Waals surface area contributed by atoms with Crippen molar-refractivity contribution < 1.29 is 9.59 Å². The molecule has 24 heavy (non-hydrogen) atoms. The molecule has 0 saturated heterocycles. The molecule has 0 saturated carbocycles. The van der Waals surface area contributed by atoms with E-state index in [0.717, 1.165) is 21.9 Å². The highest BCUT2D eigenvalue weighted by Gasteiger charge is 2.22. The van der Waals surface area contributed by atoms with Crippen molar-refractivity contribution >= 4 is 35.1 Å². The van der Waals surface area contributed by atoms with Gasteiger partial charge in [-0.15, -0.1) is 11.8 Å². The minimum absolute atomic E-state index is 0.0179. The fourth-order valence-electron chi connectivity index (χ4n) is 2.60. The molecule has 124 valence electrons. The van der Waals surface area contributed by atoms with Gasteiger partial charge < -0.3 is 10.2 Å². The van der Waals surface area contributed by atoms with E-state index < -0.39 is 0 Å². The smallest absolute Gasteiger partial charge is 0.227 e. The van der Waals surface area contributed by atoms with E-state index >= 15 is 0 Å². The maximum Gasteiger partial charge on any atom is 0.227 e. The number of nitrogens with zero attached hydrogens (tertiary/aromatic N) is 2. The zero-order chi connectivity index (χ0) is 16.9. The van der Waals surface area contributed by atoms with Crippen molar-refractivity contribution in [2.45, 2.75) is 24.7 Å². The molecule has 1 aliphatic rings. The number of aryl methyl sites for hydroxylation is 1. The number of para-hydroxylation sites is 1. The van der Waals surface area contributed by atoms with E-state index in [2.05, 4.69) is 10.3 Å². The average molecular weight is 341 g/mol. The SMILES string of the molecule is Cc1cccnc1NC(=O)CCC(=O)N1CCSc2ccccc21. The molecular formula is C18H19N3O2S. The van der Waals surface area contributed by atoms with Crippen LogP contribution in [-0.2, 0) is 9.59 Å². The fraction of sp³-hybridized carbons (Fsp3) is 0.278. The normalized spacial score (nSPS) is 13.3. The van der Waals surface area contributed by atoms with Crippen molar-refractivity contribution in [2.75, 3.05) is 22.5 Å². The van der Waals surface area contributed by atoms with E-state index in [4.69, 9.17) is 0 Å². The lowest BCUT2D eigenvalue weighted by Crippen LogP contribution is -2.35. The number of pyridine rings is 1. The Hall–Kier alpha value is -2.34. The molecule has 2 aromatic rings. The van der Waals surface area contributed by atoms with E-state index in [1.165, 1.54) is 0 Å². The zero-order valence-corrected chi connectivity index (χ0v) is 14.3. The Kier molecular flexibility index (Phi) is 5.15. The lowest BCUT2D eigenvalue weighted by atomic mass is 10.2. The molecule has 3 rings (SSSR count). The van der Waals surface area contributed by atoms with Crippen LogP contribution in [0.4, 0.5) is 11.5 Å². The summed E-state index contributed by atoms with van der Waals surface area (Å²) in [4.78, 5) is 31.6. The molecule has 0 bridgehead atoms. The molecule has 6 heteroatoms. The van der Waals surface area contributed by atoms with Crippen LogP contribution in [0.2, 0.25) is 0 Å². The number of anilines is 2. The molecule has 1 aliphatic heterocycles. The van der Waals surface area contributed by atoms with Crippen molar-refractivity contribution in [3.8, 4) is 0 Å². The second kappa shape index (κ2) is 7.49. The van der Waals surface area contributed by atoms with Crippen LogP contribution in [0, 0.1) is 6.92 Å². The quantitative estimate of drug-likeness (QED) is 0.927. The molecule has 2 heterocycles. The number of nitrogens with one attached hydrogen (secondary N) is 1. The van der Waals surface area contributed by atoms with Crippen molar-refractivity contribution in [1.29, 1.82) is 0 Å². The molecule has 1 N–H and O–H groups in total. The van der Waals surface area contributed by atoms with Gasteiger partial charge in [-0.3, -0.25) is 9.59 Å². The van der Waals surface area contributed by atoms with Crippen molar-refractivity contribution in [2.24, 2.45) is 0 Å². The van der Waals surface area contributed by atoms with E-state index in [-0.39, 0.29) is 24.7 Å². The molecule has 0 atom stereocenters. The van der Waals surface area contributed by atoms with E-state index in [1.807, 2.05) is 43.3 Å². The first-order valence-electron chi connectivity index (χ1n) is 7.89. The monoisotopic (exact) mass is 341 g/mol. The van der Waals surface area contributed by atoms with Gasteiger partial charge in [0.1, 0.15) is 5.82 Å². The van der Waals surface area contributed by atoms with Crippen molar-refractivity contribution in [3.05, 3.63) is 48.2 Å². The highest BCUT2D eigenvalue weighted by atomic mass is 32.2. The first kappa shape index (κ1) is 16.5. The molecule has 0 radical (unpaired) electrons. The van der Waals surface area contributed by atoms with Crippen LogP contribution in [0.1, 0.15) is 18.4 Å². The fourth-order valence-corrected chi connectivity index (χ4v) is 3.59. The molecule has 1 aromatic heterocycles. The maximum atomic E-state index is 12.5. The van der Waals surface area contributed by atoms with Crippen LogP contribution in [0.3, 0.4) is 0 Å². The Balaban J connectivity index is 1.58. The summed E-state index contributed by atoms with van der Waals surface area (Å²) in [5.74, 6) is 1.22. The second-order valence-corrected chi connectivity index (χ2v) is 6.72. The van der Waals surface area contributed by atoms with Crippen LogP contribution in [0.15, 0.2) is 47.5 Å². The number of amides is 2. The summed E-state index contributed by atoms with van der Waals surface area (Å²) < 4.78 is 0. The molecule has 1 aromatic carbocycles. The topological polar surface area (TPSA) is 62.3 Å². The summed E-state index contributed by atoms with van der Waals surface area (Å²) in [6.45, 7) is 2.57. The van der Waals surface area contributed by atoms with Crippen LogP contribution in [0.5, 0.6) is 0 Å². The Bertz CT molecular complexity index is 763. The van der Waals surface area contributed by atoms with Gasteiger partial charge in [-0.05, 0) is 30.7 Å². The molecule has 0 aliphatic carbocycles. The minimum Gasteiger partial charge on any atom is -0.310 e. The highest BCUT2D eigenvalue weighted by molar-refractivity contribution is 7.99. The van der Waals surface area contributed by atoms with Crippen LogP contribution < -0.4 is 10.2 Å². The Labute approximate surface area is 145 Å². The summed E-state index contributed by atoms with van der Waals surface area (Å²) in [7, 11) is 0. The van der Waals surface area contributed by atoms with Crippen LogP contribution in [-0.4, -0.2) is 29.1 Å².